The summed E-state index contributed by atoms with van der Waals surface area (Å²) in [6, 6.07) is 3.95. The molecule has 1 amide bonds. The van der Waals surface area contributed by atoms with Gasteiger partial charge in [-0.2, -0.15) is 0 Å². The number of nitrogens with two attached hydrogens (primary N) is 1. The molecule has 0 bridgehead atoms. The van der Waals surface area contributed by atoms with Gasteiger partial charge in [0.1, 0.15) is 5.82 Å². The van der Waals surface area contributed by atoms with Crippen molar-refractivity contribution >= 4 is 5.91 Å². The lowest BCUT2D eigenvalue weighted by atomic mass is 10.1. The van der Waals surface area contributed by atoms with E-state index in [2.05, 4.69) is 0 Å². The van der Waals surface area contributed by atoms with E-state index in [1.165, 1.54) is 12.1 Å². The predicted octanol–water partition coefficient (Wildman–Crippen LogP) is 1.40. The maximum atomic E-state index is 12.5. The Labute approximate surface area is 70.0 Å². The summed E-state index contributed by atoms with van der Waals surface area (Å²) >= 11 is 0. The van der Waals surface area contributed by atoms with Crippen LogP contribution < -0.4 is 11.9 Å². The Hall–Kier alpha value is -1.42. The highest BCUT2D eigenvalue weighted by Crippen LogP contribution is 2.08. The minimum atomic E-state index is -0.595. The van der Waals surface area contributed by atoms with Crippen molar-refractivity contribution in [2.24, 2.45) is 5.73 Å². The topological polar surface area (TPSA) is 78.1 Å². The van der Waals surface area contributed by atoms with Gasteiger partial charge in [0.25, 0.3) is 0 Å². The zero-order valence-electron chi connectivity index (χ0n) is 6.80. The van der Waals surface area contributed by atoms with E-state index in [-0.39, 0.29) is 11.7 Å². The molecule has 0 aliphatic heterocycles. The van der Waals surface area contributed by atoms with Gasteiger partial charge in [-0.15, -0.1) is 0 Å². The zero-order valence-corrected chi connectivity index (χ0v) is 6.80. The van der Waals surface area contributed by atoms with Crippen LogP contribution in [-0.2, 0) is 0 Å². The van der Waals surface area contributed by atoms with Crippen LogP contribution >= 0.6 is 0 Å². The summed E-state index contributed by atoms with van der Waals surface area (Å²) in [6.07, 6.45) is 0. The molecule has 0 saturated heterocycles. The summed E-state index contributed by atoms with van der Waals surface area (Å²) in [4.78, 5) is 10.6. The highest BCUT2D eigenvalue weighted by Gasteiger charge is 2.04. The highest BCUT2D eigenvalue weighted by molar-refractivity contribution is 5.94. The predicted molar refractivity (Wildman–Crippen MR) is 44.7 cm³/mol. The molecule has 5 N–H and O–H groups in total. The first-order valence-corrected chi connectivity index (χ1v) is 3.17. The Morgan fingerprint density at radius 2 is 2.08 bits per heavy atom. The molecule has 1 aromatic rings. The van der Waals surface area contributed by atoms with Crippen molar-refractivity contribution in [3.05, 3.63) is 35.1 Å². The summed E-state index contributed by atoms with van der Waals surface area (Å²) in [5.41, 5.74) is 5.91. The molecular formula is C8H11FN2O. The van der Waals surface area contributed by atoms with Gasteiger partial charge in [0.05, 0.1) is 0 Å². The molecule has 0 aliphatic carbocycles. The van der Waals surface area contributed by atoms with E-state index in [0.29, 0.717) is 5.56 Å². The van der Waals surface area contributed by atoms with Gasteiger partial charge in [-0.25, -0.2) is 4.39 Å². The van der Waals surface area contributed by atoms with Crippen molar-refractivity contribution in [3.8, 4) is 0 Å². The standard InChI is InChI=1S/C8H8FNO.H3N/c1-5-2-3-6(9)4-7(5)8(10)11;/h2-4H,1H3,(H2,10,11);1H3. The summed E-state index contributed by atoms with van der Waals surface area (Å²) in [5.74, 6) is -1.04. The second kappa shape index (κ2) is 3.82. The number of aryl methyl sites for hydroxylation is 1. The zero-order chi connectivity index (χ0) is 8.43. The van der Waals surface area contributed by atoms with Gasteiger partial charge in [0, 0.05) is 5.56 Å². The van der Waals surface area contributed by atoms with Crippen LogP contribution in [0.15, 0.2) is 18.2 Å². The lowest BCUT2D eigenvalue weighted by Gasteiger charge is -1.99. The number of benzene rings is 1. The van der Waals surface area contributed by atoms with E-state index in [9.17, 15) is 9.18 Å². The van der Waals surface area contributed by atoms with Gasteiger partial charge < -0.3 is 11.9 Å². The molecule has 4 heteroatoms. The summed E-state index contributed by atoms with van der Waals surface area (Å²) in [7, 11) is 0. The Morgan fingerprint density at radius 3 is 2.50 bits per heavy atom. The number of rotatable bonds is 1. The fraction of sp³-hybridized carbons (Fsp3) is 0.125. The van der Waals surface area contributed by atoms with E-state index in [4.69, 9.17) is 5.73 Å². The van der Waals surface area contributed by atoms with Gasteiger partial charge in [-0.1, -0.05) is 6.07 Å². The van der Waals surface area contributed by atoms with Crippen molar-refractivity contribution in [2.45, 2.75) is 6.92 Å². The Morgan fingerprint density at radius 1 is 1.50 bits per heavy atom. The molecule has 66 valence electrons. The molecule has 0 aliphatic rings. The number of carbonyl (C=O) groups excluding carboxylic acids is 1. The molecule has 0 atom stereocenters. The number of hydrogen-bond donors (Lipinski definition) is 2. The van der Waals surface area contributed by atoms with Gasteiger partial charge in [-0.3, -0.25) is 4.79 Å². The normalized spacial score (nSPS) is 8.83. The van der Waals surface area contributed by atoms with Crippen LogP contribution in [0.25, 0.3) is 0 Å². The van der Waals surface area contributed by atoms with Crippen LogP contribution in [0.1, 0.15) is 15.9 Å². The van der Waals surface area contributed by atoms with Crippen molar-refractivity contribution in [3.63, 3.8) is 0 Å². The first-order valence-electron chi connectivity index (χ1n) is 3.17. The molecule has 0 spiro atoms. The van der Waals surface area contributed by atoms with E-state index in [1.54, 1.807) is 6.92 Å². The highest BCUT2D eigenvalue weighted by atomic mass is 19.1. The maximum Gasteiger partial charge on any atom is 0.249 e. The minimum absolute atomic E-state index is 0. The van der Waals surface area contributed by atoms with Crippen molar-refractivity contribution < 1.29 is 9.18 Å². The number of carbonyl (C=O) groups is 1. The fourth-order valence-corrected chi connectivity index (χ4v) is 0.860. The first kappa shape index (κ1) is 10.6. The molecule has 0 unspecified atom stereocenters. The average Bonchev–Trinajstić information content (AvgIpc) is 1.94. The van der Waals surface area contributed by atoms with Crippen molar-refractivity contribution in [2.75, 3.05) is 0 Å². The monoisotopic (exact) mass is 170 g/mol. The fourth-order valence-electron chi connectivity index (χ4n) is 0.860. The lowest BCUT2D eigenvalue weighted by Crippen LogP contribution is -2.12. The van der Waals surface area contributed by atoms with Crippen LogP contribution in [0.2, 0.25) is 0 Å². The SMILES string of the molecule is Cc1ccc(F)cc1C(N)=O.N. The quantitative estimate of drug-likeness (QED) is 0.668. The van der Waals surface area contributed by atoms with E-state index in [1.807, 2.05) is 0 Å². The number of hydrogen-bond acceptors (Lipinski definition) is 2. The third kappa shape index (κ3) is 2.03. The van der Waals surface area contributed by atoms with Crippen LogP contribution in [0, 0.1) is 12.7 Å². The number of amides is 1. The Bertz CT molecular complexity index is 299. The summed E-state index contributed by atoms with van der Waals surface area (Å²) in [6.45, 7) is 1.71. The Kier molecular flexibility index (Phi) is 3.37. The minimum Gasteiger partial charge on any atom is -0.366 e. The molecular weight excluding hydrogens is 159 g/mol. The van der Waals surface area contributed by atoms with Gasteiger partial charge in [0.15, 0.2) is 0 Å². The van der Waals surface area contributed by atoms with Gasteiger partial charge in [0.2, 0.25) is 5.91 Å². The summed E-state index contributed by atoms with van der Waals surface area (Å²) < 4.78 is 12.5. The van der Waals surface area contributed by atoms with E-state index >= 15 is 0 Å². The molecule has 3 nitrogen and oxygen atoms in total. The molecule has 0 fully saturated rings. The molecule has 1 rings (SSSR count). The third-order valence-electron chi connectivity index (χ3n) is 1.47. The lowest BCUT2D eigenvalue weighted by molar-refractivity contribution is 0.0999. The largest absolute Gasteiger partial charge is 0.366 e. The van der Waals surface area contributed by atoms with E-state index < -0.39 is 11.7 Å². The molecule has 0 saturated carbocycles. The van der Waals surface area contributed by atoms with Crippen molar-refractivity contribution in [1.29, 1.82) is 0 Å². The first-order chi connectivity index (χ1) is 5.11. The van der Waals surface area contributed by atoms with Gasteiger partial charge >= 0.3 is 0 Å². The number of halogens is 1. The smallest absolute Gasteiger partial charge is 0.249 e. The average molecular weight is 170 g/mol. The third-order valence-corrected chi connectivity index (χ3v) is 1.47. The van der Waals surface area contributed by atoms with Gasteiger partial charge in [-0.05, 0) is 24.6 Å². The molecule has 0 aromatic heterocycles. The molecule has 0 heterocycles. The Balaban J connectivity index is 0.00000121. The molecule has 12 heavy (non-hydrogen) atoms. The summed E-state index contributed by atoms with van der Waals surface area (Å²) in [5, 5.41) is 0. The molecule has 0 radical (unpaired) electrons. The van der Waals surface area contributed by atoms with Crippen LogP contribution in [0.4, 0.5) is 4.39 Å². The van der Waals surface area contributed by atoms with Crippen LogP contribution in [-0.4, -0.2) is 5.91 Å². The molecule has 1 aromatic carbocycles. The van der Waals surface area contributed by atoms with Crippen molar-refractivity contribution in [1.82, 2.24) is 6.15 Å². The maximum absolute atomic E-state index is 12.5. The second-order valence-corrected chi connectivity index (χ2v) is 2.32. The van der Waals surface area contributed by atoms with E-state index in [0.717, 1.165) is 6.07 Å². The van der Waals surface area contributed by atoms with Crippen LogP contribution in [0.5, 0.6) is 0 Å². The second-order valence-electron chi connectivity index (χ2n) is 2.32. The van der Waals surface area contributed by atoms with Crippen LogP contribution in [0.3, 0.4) is 0 Å². The number of primary amides is 1.